The second-order valence-electron chi connectivity index (χ2n) is 13.2. The number of aromatic nitrogens is 1. The Labute approximate surface area is 265 Å². The lowest BCUT2D eigenvalue weighted by Gasteiger charge is -2.46. The number of hydrogen-bond donors (Lipinski definition) is 3. The summed E-state index contributed by atoms with van der Waals surface area (Å²) < 4.78 is 30.4. The Morgan fingerprint density at radius 2 is 1.71 bits per heavy atom. The highest BCUT2D eigenvalue weighted by Crippen LogP contribution is 2.40. The fourth-order valence-corrected chi connectivity index (χ4v) is 7.45. The van der Waals surface area contributed by atoms with E-state index in [4.69, 9.17) is 4.98 Å². The van der Waals surface area contributed by atoms with E-state index >= 15 is 8.78 Å². The third-order valence-corrected chi connectivity index (χ3v) is 9.01. The average molecular weight is 628 g/mol. The largest absolute Gasteiger partial charge is 0.367 e. The summed E-state index contributed by atoms with van der Waals surface area (Å²) >= 11 is 1.44. The Bertz CT molecular complexity index is 1800. The zero-order valence-corrected chi connectivity index (χ0v) is 26.6. The zero-order chi connectivity index (χ0) is 32.1. The second-order valence-corrected chi connectivity index (χ2v) is 13.9. The summed E-state index contributed by atoms with van der Waals surface area (Å²) in [6, 6.07) is 12.8. The zero-order valence-electron chi connectivity index (χ0n) is 25.8. The number of nitrogens with one attached hydrogen (secondary N) is 3. The van der Waals surface area contributed by atoms with Gasteiger partial charge in [0.25, 0.3) is 11.8 Å². The van der Waals surface area contributed by atoms with Gasteiger partial charge in [-0.2, -0.15) is 11.3 Å². The van der Waals surface area contributed by atoms with Crippen molar-refractivity contribution in [2.24, 2.45) is 4.99 Å². The van der Waals surface area contributed by atoms with Crippen LogP contribution in [0.3, 0.4) is 0 Å². The maximum absolute atomic E-state index is 15.2. The van der Waals surface area contributed by atoms with Gasteiger partial charge in [-0.15, -0.1) is 0 Å². The van der Waals surface area contributed by atoms with Gasteiger partial charge < -0.3 is 16.0 Å². The van der Waals surface area contributed by atoms with E-state index in [0.29, 0.717) is 28.2 Å². The summed E-state index contributed by atoms with van der Waals surface area (Å²) in [4.78, 5) is 35.1. The maximum Gasteiger partial charge on any atom is 0.259 e. The third kappa shape index (κ3) is 6.30. The Kier molecular flexibility index (Phi) is 7.91. The number of rotatable bonds is 6. The number of fused-ring (bicyclic) bond motifs is 1. The number of thiophene rings is 1. The molecule has 1 unspecified atom stereocenters. The fraction of sp³-hybridized carbons (Fsp3) is 0.314. The Morgan fingerprint density at radius 3 is 2.38 bits per heavy atom. The molecule has 0 saturated carbocycles. The lowest BCUT2D eigenvalue weighted by Crippen LogP contribution is -2.60. The number of nitrogens with zero attached hydrogens (tertiary/aromatic N) is 2. The molecule has 4 aromatic rings. The number of benzene rings is 2. The number of hydrogen-bond acceptors (Lipinski definition) is 6. The summed E-state index contributed by atoms with van der Waals surface area (Å²) in [5, 5.41) is 13.8. The molecule has 1 atom stereocenters. The molecule has 7 nitrogen and oxygen atoms in total. The minimum atomic E-state index is -1.37. The van der Waals surface area contributed by atoms with Gasteiger partial charge in [-0.1, -0.05) is 12.1 Å². The number of pyridine rings is 1. The van der Waals surface area contributed by atoms with Crippen molar-refractivity contribution in [2.45, 2.75) is 70.5 Å². The molecule has 0 spiro atoms. The molecule has 2 aliphatic rings. The molecule has 0 bridgehead atoms. The predicted octanol–water partition coefficient (Wildman–Crippen LogP) is 7.46. The van der Waals surface area contributed by atoms with Crippen molar-refractivity contribution >= 4 is 40.9 Å². The van der Waals surface area contributed by atoms with Crippen LogP contribution >= 0.6 is 11.3 Å². The normalized spacial score (nSPS) is 18.8. The number of piperidine rings is 1. The van der Waals surface area contributed by atoms with Crippen LogP contribution in [0.2, 0.25) is 0 Å². The fourth-order valence-electron chi connectivity index (χ4n) is 6.81. The van der Waals surface area contributed by atoms with E-state index in [-0.39, 0.29) is 34.3 Å². The van der Waals surface area contributed by atoms with Gasteiger partial charge in [0.2, 0.25) is 0 Å². The Hall–Kier alpha value is -4.28. The van der Waals surface area contributed by atoms with Crippen LogP contribution in [-0.4, -0.2) is 40.1 Å². The molecule has 1 saturated heterocycles. The van der Waals surface area contributed by atoms with Crippen molar-refractivity contribution in [3.8, 4) is 11.1 Å². The predicted molar refractivity (Wildman–Crippen MR) is 175 cm³/mol. The standard InChI is InChI=1S/C35H35F2N5O2S/c1-19-9-10-21(40-32(43)20-11-12-45-18-20)13-23(19)24-14-28(39-22-15-34(2,3)42-35(4,5)16-22)41-31-25(24)17-38-33(44)30(31)29-26(36)7-6-8-27(29)37/h6-14,17-18,22,30,42H,15-16H2,1-5H3,(H,39,41)(H,40,43). The van der Waals surface area contributed by atoms with Crippen molar-refractivity contribution in [1.29, 1.82) is 0 Å². The summed E-state index contributed by atoms with van der Waals surface area (Å²) in [7, 11) is 0. The van der Waals surface area contributed by atoms with Crippen molar-refractivity contribution in [1.82, 2.24) is 10.3 Å². The third-order valence-electron chi connectivity index (χ3n) is 8.33. The first-order valence-corrected chi connectivity index (χ1v) is 15.8. The van der Waals surface area contributed by atoms with E-state index in [1.807, 2.05) is 36.6 Å². The lowest BCUT2D eigenvalue weighted by atomic mass is 9.79. The van der Waals surface area contributed by atoms with Crippen molar-refractivity contribution in [3.05, 3.63) is 98.9 Å². The quantitative estimate of drug-likeness (QED) is 0.206. The number of amides is 2. The number of anilines is 2. The topological polar surface area (TPSA) is 95.5 Å². The van der Waals surface area contributed by atoms with Crippen LogP contribution in [0.4, 0.5) is 20.3 Å². The van der Waals surface area contributed by atoms with Crippen LogP contribution in [0, 0.1) is 18.6 Å². The molecular weight excluding hydrogens is 592 g/mol. The molecule has 10 heteroatoms. The molecule has 2 amide bonds. The molecule has 0 radical (unpaired) electrons. The highest BCUT2D eigenvalue weighted by molar-refractivity contribution is 7.08. The van der Waals surface area contributed by atoms with E-state index in [1.165, 1.54) is 23.6 Å². The van der Waals surface area contributed by atoms with Crippen LogP contribution in [-0.2, 0) is 4.79 Å². The molecule has 2 aromatic carbocycles. The molecule has 4 heterocycles. The highest BCUT2D eigenvalue weighted by Gasteiger charge is 2.39. The van der Waals surface area contributed by atoms with Gasteiger partial charge in [-0.25, -0.2) is 18.8 Å². The molecule has 1 fully saturated rings. The number of aryl methyl sites for hydroxylation is 1. The van der Waals surface area contributed by atoms with E-state index in [0.717, 1.165) is 36.1 Å². The molecule has 2 aromatic heterocycles. The monoisotopic (exact) mass is 627 g/mol. The van der Waals surface area contributed by atoms with Crippen LogP contribution in [0.5, 0.6) is 0 Å². The van der Waals surface area contributed by atoms with Gasteiger partial charge in [0.1, 0.15) is 23.4 Å². The van der Waals surface area contributed by atoms with Crippen LogP contribution < -0.4 is 16.0 Å². The van der Waals surface area contributed by atoms with Gasteiger partial charge in [0.15, 0.2) is 0 Å². The van der Waals surface area contributed by atoms with E-state index in [9.17, 15) is 9.59 Å². The summed E-state index contributed by atoms with van der Waals surface area (Å²) in [6.45, 7) is 10.6. The summed E-state index contributed by atoms with van der Waals surface area (Å²) in [6.07, 6.45) is 3.03. The summed E-state index contributed by atoms with van der Waals surface area (Å²) in [5.74, 6) is -3.49. The molecule has 45 heavy (non-hydrogen) atoms. The number of carbonyl (C=O) groups is 2. The second kappa shape index (κ2) is 11.6. The minimum Gasteiger partial charge on any atom is -0.367 e. The van der Waals surface area contributed by atoms with Gasteiger partial charge >= 0.3 is 0 Å². The molecule has 3 N–H and O–H groups in total. The average Bonchev–Trinajstić information content (AvgIpc) is 3.48. The molecule has 232 valence electrons. The molecule has 2 aliphatic heterocycles. The van der Waals surface area contributed by atoms with E-state index in [1.54, 1.807) is 11.4 Å². The SMILES string of the molecule is Cc1ccc(NC(=O)c2ccsc2)cc1-c1cc(NC2CC(C)(C)NC(C)(C)C2)nc2c1C=NC(=O)C2c1c(F)cccc1F. The minimum absolute atomic E-state index is 0.0311. The number of aliphatic imine (C=N–C) groups is 1. The van der Waals surface area contributed by atoms with Crippen molar-refractivity contribution in [3.63, 3.8) is 0 Å². The first kappa shape index (κ1) is 30.7. The van der Waals surface area contributed by atoms with Crippen LogP contribution in [0.25, 0.3) is 11.1 Å². The first-order valence-electron chi connectivity index (χ1n) is 14.9. The molecule has 0 aliphatic carbocycles. The summed E-state index contributed by atoms with van der Waals surface area (Å²) in [5.41, 5.74) is 3.50. The van der Waals surface area contributed by atoms with E-state index < -0.39 is 23.5 Å². The highest BCUT2D eigenvalue weighted by atomic mass is 32.1. The van der Waals surface area contributed by atoms with Gasteiger partial charge in [-0.3, -0.25) is 9.59 Å². The van der Waals surface area contributed by atoms with Crippen LogP contribution in [0.15, 0.2) is 64.3 Å². The molecule has 6 rings (SSSR count). The number of carbonyl (C=O) groups excluding carboxylic acids is 2. The van der Waals surface area contributed by atoms with Crippen LogP contribution in [0.1, 0.15) is 79.2 Å². The van der Waals surface area contributed by atoms with Crippen molar-refractivity contribution in [2.75, 3.05) is 10.6 Å². The van der Waals surface area contributed by atoms with Gasteiger partial charge in [0, 0.05) is 45.5 Å². The van der Waals surface area contributed by atoms with E-state index in [2.05, 4.69) is 48.6 Å². The lowest BCUT2D eigenvalue weighted by molar-refractivity contribution is -0.118. The smallest absolute Gasteiger partial charge is 0.259 e. The Morgan fingerprint density at radius 1 is 1.00 bits per heavy atom. The first-order chi connectivity index (χ1) is 21.3. The van der Waals surface area contributed by atoms with Gasteiger partial charge in [0.05, 0.1) is 11.3 Å². The number of halogens is 2. The molecular formula is C35H35F2N5O2S. The van der Waals surface area contributed by atoms with Crippen molar-refractivity contribution < 1.29 is 18.4 Å². The van der Waals surface area contributed by atoms with Gasteiger partial charge in [-0.05, 0) is 106 Å². The maximum atomic E-state index is 15.2. The Balaban J connectivity index is 1.50.